The Balaban J connectivity index is 0.890. The summed E-state index contributed by atoms with van der Waals surface area (Å²) >= 11 is 0. The molecule has 35 N–H and O–H groups in total. The fourth-order valence-corrected chi connectivity index (χ4v) is 16.1. The number of hydrogen-bond donors (Lipinski definition) is 35. The van der Waals surface area contributed by atoms with Gasteiger partial charge in [-0.05, 0) is 0 Å². The van der Waals surface area contributed by atoms with Gasteiger partial charge >= 0.3 is 0 Å². The maximum atomic E-state index is 12.6. The summed E-state index contributed by atoms with van der Waals surface area (Å²) in [6, 6.07) is -1.83. The third kappa shape index (κ3) is 21.8. The zero-order valence-electron chi connectivity index (χ0n) is 65.7. The van der Waals surface area contributed by atoms with Crippen molar-refractivity contribution in [2.45, 2.75) is 345 Å². The Morgan fingerprint density at radius 2 is 0.424 bits per heavy atom. The summed E-state index contributed by atoms with van der Waals surface area (Å²) in [6.07, 6.45) is -118. The van der Waals surface area contributed by atoms with Crippen LogP contribution in [0.15, 0.2) is 0 Å². The number of ether oxygens (including phenoxy) is 21. The predicted octanol–water partition coefficient (Wildman–Crippen LogP) is -24.8. The van der Waals surface area contributed by atoms with Gasteiger partial charge in [-0.15, -0.1) is 0 Å². The number of aliphatic hydroxyl groups excluding tert-OH is 34. The number of carbonyl (C=O) groups is 1. The topological polar surface area (TPSA) is 911 Å². The highest BCUT2D eigenvalue weighted by Gasteiger charge is 2.62. The molecule has 0 aliphatic carbocycles. The Morgan fingerprint density at radius 3 is 0.744 bits per heavy atom. The van der Waals surface area contributed by atoms with E-state index in [2.05, 4.69) is 5.32 Å². The van der Waals surface area contributed by atoms with E-state index < -0.39 is 416 Å². The zero-order chi connectivity index (χ0) is 91.7. The van der Waals surface area contributed by atoms with Crippen molar-refractivity contribution in [1.82, 2.24) is 5.32 Å². The molecule has 728 valence electrons. The molecule has 0 bridgehead atoms. The summed E-state index contributed by atoms with van der Waals surface area (Å²) in [4.78, 5) is 12.4. The second kappa shape index (κ2) is 44.6. The van der Waals surface area contributed by atoms with Crippen LogP contribution in [0.3, 0.4) is 0 Å². The van der Waals surface area contributed by atoms with Gasteiger partial charge < -0.3 is 278 Å². The fraction of sp³-hybridized carbons (Fsp3) is 0.985. The van der Waals surface area contributed by atoms with Crippen LogP contribution in [-0.2, 0) is 104 Å². The molecule has 0 aromatic carbocycles. The lowest BCUT2D eigenvalue weighted by Crippen LogP contribution is -2.69. The van der Waals surface area contributed by atoms with Crippen LogP contribution in [0.5, 0.6) is 0 Å². The van der Waals surface area contributed by atoms with E-state index in [4.69, 9.17) is 99.5 Å². The zero-order valence-corrected chi connectivity index (χ0v) is 65.7. The van der Waals surface area contributed by atoms with E-state index in [9.17, 15) is 178 Å². The molecular weight excluding hydrogens is 1730 g/mol. The second-order valence-electron chi connectivity index (χ2n) is 31.6. The average molecular weight is 1840 g/mol. The number of aliphatic hydroxyl groups is 34. The Kier molecular flexibility index (Phi) is 36.7. The molecule has 1 amide bonds. The molecule has 11 heterocycles. The monoisotopic (exact) mass is 1840 g/mol. The van der Waals surface area contributed by atoms with Crippen molar-refractivity contribution in [1.29, 1.82) is 0 Å². The Labute approximate surface area is 704 Å². The molecule has 0 aromatic heterocycles. The van der Waals surface area contributed by atoms with Gasteiger partial charge in [-0.1, -0.05) is 0 Å². The van der Waals surface area contributed by atoms with E-state index in [0.717, 1.165) is 6.92 Å². The molecule has 125 heavy (non-hydrogen) atoms. The quantitative estimate of drug-likeness (QED) is 0.0297. The molecule has 11 aliphatic rings. The molecule has 0 radical (unpaired) electrons. The number of amides is 1. The molecule has 0 saturated carbocycles. The molecule has 11 rings (SSSR count). The first-order valence-electron chi connectivity index (χ1n) is 39.7. The highest BCUT2D eigenvalue weighted by molar-refractivity contribution is 5.73. The van der Waals surface area contributed by atoms with Crippen molar-refractivity contribution >= 4 is 5.91 Å². The lowest BCUT2D eigenvalue weighted by Gasteiger charge is -2.51. The molecule has 0 aromatic rings. The normalized spacial score (nSPS) is 52.7. The third-order valence-electron chi connectivity index (χ3n) is 23.4. The van der Waals surface area contributed by atoms with Crippen molar-refractivity contribution in [3.63, 3.8) is 0 Å². The maximum Gasteiger partial charge on any atom is 0.217 e. The molecular formula is C68H115NO56. The summed E-state index contributed by atoms with van der Waals surface area (Å²) < 4.78 is 122. The van der Waals surface area contributed by atoms with Crippen molar-refractivity contribution in [3.8, 4) is 0 Å². The molecule has 11 saturated heterocycles. The summed E-state index contributed by atoms with van der Waals surface area (Å²) in [6.45, 7) is -11.6. The summed E-state index contributed by atoms with van der Waals surface area (Å²) in [5.74, 6) is -0.896. The van der Waals surface area contributed by atoms with Crippen LogP contribution < -0.4 is 5.32 Å². The van der Waals surface area contributed by atoms with Crippen LogP contribution in [0.25, 0.3) is 0 Å². The van der Waals surface area contributed by atoms with Crippen LogP contribution in [0.1, 0.15) is 6.92 Å². The van der Waals surface area contributed by atoms with E-state index in [-0.39, 0.29) is 0 Å². The van der Waals surface area contributed by atoms with E-state index in [1.807, 2.05) is 0 Å². The Hall–Kier alpha value is -2.73. The largest absolute Gasteiger partial charge is 0.394 e. The van der Waals surface area contributed by atoms with E-state index in [1.165, 1.54) is 0 Å². The number of hydrogen-bond acceptors (Lipinski definition) is 56. The third-order valence-corrected chi connectivity index (χ3v) is 23.4. The minimum Gasteiger partial charge on any atom is -0.394 e. The SMILES string of the molecule is CC(=O)N[C@@H]1[C@@H](O)[C@H](O[C@@H]2O[C@H](CO[C@H]3O[C@H](CO[C@H]4O[C@H](CO)[C@@H](O)[C@H](O)[C@@H]4O[C@H]4O[C@H](CO)[C@@H](O)[C@H](O)[C@@H]4O)[C@@H](O)[C@H](O[C@H]4O[C@H](CO)[C@@H](O)[C@H](O)[C@@H]4O)[C@@H]3O)[C@@H](O)[C@H](O[C@H]3O[C@H](CO)[C@@H](O)[C@H](O)[C@@H]3O[C@H]3O[C@H](CO)[C@@H](O)[C@H](O)[C@@H]3O[C@H]3O[C@H](CO)[C@@H](O)[C@H](O[C@H]4O[C@H](CO)[C@@H](O)[C@H](O[C@H]5O[C@H](CO)[C@@H](O)[C@H](O)[C@H]5O)[C@H]4O)[C@@H]3O)[C@@H]2O)[C@@H](CO)O[C@H]1O. The molecule has 57 nitrogen and oxygen atoms in total. The van der Waals surface area contributed by atoms with Crippen molar-refractivity contribution in [2.75, 3.05) is 72.7 Å². The van der Waals surface area contributed by atoms with Crippen LogP contribution in [0, 0.1) is 0 Å². The first-order chi connectivity index (χ1) is 59.3. The van der Waals surface area contributed by atoms with Gasteiger partial charge in [-0.25, -0.2) is 0 Å². The maximum absolute atomic E-state index is 12.6. The van der Waals surface area contributed by atoms with Gasteiger partial charge in [0.25, 0.3) is 0 Å². The van der Waals surface area contributed by atoms with Gasteiger partial charge in [0.15, 0.2) is 69.2 Å². The minimum atomic E-state index is -2.61. The van der Waals surface area contributed by atoms with Crippen LogP contribution in [-0.4, -0.2) is 590 Å². The van der Waals surface area contributed by atoms with Gasteiger partial charge in [0.2, 0.25) is 5.91 Å². The number of nitrogens with one attached hydrogen (secondary N) is 1. The van der Waals surface area contributed by atoms with E-state index in [0.29, 0.717) is 0 Å². The van der Waals surface area contributed by atoms with E-state index in [1.54, 1.807) is 0 Å². The van der Waals surface area contributed by atoms with Gasteiger partial charge in [0.1, 0.15) is 269 Å². The van der Waals surface area contributed by atoms with E-state index >= 15 is 0 Å². The van der Waals surface area contributed by atoms with Crippen molar-refractivity contribution < 1.29 is 278 Å². The molecule has 0 unspecified atom stereocenters. The van der Waals surface area contributed by atoms with Gasteiger partial charge in [-0.2, -0.15) is 0 Å². The number of rotatable bonds is 32. The van der Waals surface area contributed by atoms with Crippen molar-refractivity contribution in [3.05, 3.63) is 0 Å². The molecule has 11 fully saturated rings. The lowest BCUT2D eigenvalue weighted by molar-refractivity contribution is -0.411. The van der Waals surface area contributed by atoms with Gasteiger partial charge in [0, 0.05) is 6.92 Å². The van der Waals surface area contributed by atoms with Crippen molar-refractivity contribution in [2.24, 2.45) is 0 Å². The molecule has 57 heteroatoms. The summed E-state index contributed by atoms with van der Waals surface area (Å²) in [7, 11) is 0. The summed E-state index contributed by atoms with van der Waals surface area (Å²) in [5.41, 5.74) is 0. The standard InChI is InChI=1S/C68H115NO56/c1-13(79)69-25-36(90)50(22(10-78)107-58(25)104)118-65-49(103)54(35(89)24(117-65)11-105-59-46(100)53(120-61-44(98)38(92)27(81)15(3-71)109-61)34(88)23(116-59)12-106-66-55(40(94)29(83)17(5-73)113-66)123-62-45(99)39(93)28(82)16(4-72)110-62)122-67-57(42(96)31(85)18(6-74)114-67)125-68-56(41(95)30(84)19(7-75)115-68)124-64-48(102)52(33(87)21(9-77)112-64)121-63-47(101)51(32(86)20(8-76)111-63)119-60-43(97)37(91)26(80)14(2-70)108-60/h14-68,70-78,80-104H,2-12H2,1H3,(H,69,79)/t14-,15-,16-,17-,18-,19-,20-,21-,22-,23-,24-,25-,26-,27-,28-,29-,30-,31-,32-,33-,34-,35-,36-,37+,38+,39+,40+,41+,42+,43-,44+,45+,46+,47-,48+,49+,50-,51+,52+,53+,54+,55+,56+,57+,58-,59+,60-,61-,62-,63-,64-,65+,66+,67-,68-/m1/s1. The highest BCUT2D eigenvalue weighted by atomic mass is 16.8. The molecule has 11 aliphatic heterocycles. The highest BCUT2D eigenvalue weighted by Crippen LogP contribution is 2.42. The van der Waals surface area contributed by atoms with Gasteiger partial charge in [0.05, 0.1) is 72.7 Å². The fourth-order valence-electron chi connectivity index (χ4n) is 16.1. The van der Waals surface area contributed by atoms with Gasteiger partial charge in [-0.3, -0.25) is 4.79 Å². The van der Waals surface area contributed by atoms with Crippen LogP contribution in [0.4, 0.5) is 0 Å². The first-order valence-corrected chi connectivity index (χ1v) is 39.7. The lowest BCUT2D eigenvalue weighted by atomic mass is 9.94. The molecule has 0 spiro atoms. The Morgan fingerprint density at radius 1 is 0.208 bits per heavy atom. The Bertz CT molecular complexity index is 3250. The second-order valence-corrected chi connectivity index (χ2v) is 31.6. The van der Waals surface area contributed by atoms with Crippen LogP contribution >= 0.6 is 0 Å². The first kappa shape index (κ1) is 103. The number of carbonyl (C=O) groups excluding carboxylic acids is 1. The minimum absolute atomic E-state index is 0.896. The average Bonchev–Trinajstić information content (AvgIpc) is 0.765. The smallest absolute Gasteiger partial charge is 0.217 e. The van der Waals surface area contributed by atoms with Crippen LogP contribution in [0.2, 0.25) is 0 Å². The summed E-state index contributed by atoms with van der Waals surface area (Å²) in [5, 5.41) is 379. The predicted molar refractivity (Wildman–Crippen MR) is 374 cm³/mol. The molecule has 55 atom stereocenters.